The highest BCUT2D eigenvalue weighted by molar-refractivity contribution is 5.82. The Morgan fingerprint density at radius 3 is 2.65 bits per heavy atom. The van der Waals surface area contributed by atoms with Crippen molar-refractivity contribution in [2.75, 3.05) is 6.54 Å². The molecule has 1 amide bonds. The van der Waals surface area contributed by atoms with Gasteiger partial charge in [-0.05, 0) is 30.9 Å². The first-order valence-electron chi connectivity index (χ1n) is 7.16. The number of hydrogen-bond acceptors (Lipinski definition) is 4. The van der Waals surface area contributed by atoms with Crippen LogP contribution in [0.4, 0.5) is 8.78 Å². The lowest BCUT2D eigenvalue weighted by atomic mass is 10.1. The van der Waals surface area contributed by atoms with E-state index in [1.165, 1.54) is 6.07 Å². The van der Waals surface area contributed by atoms with Gasteiger partial charge in [-0.3, -0.25) is 4.79 Å². The topological polar surface area (TPSA) is 84.9 Å². The van der Waals surface area contributed by atoms with Crippen LogP contribution in [-0.4, -0.2) is 42.3 Å². The standard InChI is InChI=1S/C15H17F2NO5/c16-15(17)23-10-4-2-1-3-9(10)7-8-18-13(19)11-5-6-12(22-11)14(20)21/h1-4,11-12,15H,5-8H2,(H,18,19)(H,20,21)/t11-,12+/m0/s1. The van der Waals surface area contributed by atoms with Gasteiger partial charge >= 0.3 is 12.6 Å². The fraction of sp³-hybridized carbons (Fsp3) is 0.467. The molecule has 0 saturated carbocycles. The molecule has 1 aliphatic rings. The predicted octanol–water partition coefficient (Wildman–Crippen LogP) is 1.58. The number of alkyl halides is 2. The normalized spacial score (nSPS) is 20.5. The molecule has 6 nitrogen and oxygen atoms in total. The lowest BCUT2D eigenvalue weighted by Crippen LogP contribution is -2.36. The fourth-order valence-electron chi connectivity index (χ4n) is 2.37. The first kappa shape index (κ1) is 17.1. The summed E-state index contributed by atoms with van der Waals surface area (Å²) in [6.07, 6.45) is -0.801. The summed E-state index contributed by atoms with van der Waals surface area (Å²) in [4.78, 5) is 22.6. The van der Waals surface area contributed by atoms with E-state index in [1.807, 2.05) is 0 Å². The van der Waals surface area contributed by atoms with Crippen molar-refractivity contribution in [1.29, 1.82) is 0 Å². The van der Waals surface area contributed by atoms with Crippen LogP contribution < -0.4 is 10.1 Å². The molecular formula is C15H17F2NO5. The SMILES string of the molecule is O=C(NCCc1ccccc1OC(F)F)[C@@H]1CC[C@H](C(=O)O)O1. The molecule has 1 fully saturated rings. The third kappa shape index (κ3) is 4.88. The van der Waals surface area contributed by atoms with Crippen LogP contribution in [0.1, 0.15) is 18.4 Å². The van der Waals surface area contributed by atoms with Crippen LogP contribution in [0.3, 0.4) is 0 Å². The van der Waals surface area contributed by atoms with Gasteiger partial charge in [0.05, 0.1) is 0 Å². The van der Waals surface area contributed by atoms with Crippen molar-refractivity contribution in [2.45, 2.75) is 38.1 Å². The number of carboxylic acids is 1. The number of aliphatic carboxylic acids is 1. The third-order valence-corrected chi connectivity index (χ3v) is 3.47. The summed E-state index contributed by atoms with van der Waals surface area (Å²) >= 11 is 0. The average Bonchev–Trinajstić information content (AvgIpc) is 2.98. The molecule has 0 radical (unpaired) electrons. The van der Waals surface area contributed by atoms with Crippen molar-refractivity contribution in [2.24, 2.45) is 0 Å². The molecule has 2 atom stereocenters. The molecule has 2 N–H and O–H groups in total. The summed E-state index contributed by atoms with van der Waals surface area (Å²) in [5.74, 6) is -1.42. The zero-order chi connectivity index (χ0) is 16.8. The highest BCUT2D eigenvalue weighted by Gasteiger charge is 2.34. The number of nitrogens with one attached hydrogen (secondary N) is 1. The molecule has 1 aromatic rings. The fourth-order valence-corrected chi connectivity index (χ4v) is 2.37. The molecule has 0 aliphatic carbocycles. The number of hydrogen-bond donors (Lipinski definition) is 2. The molecule has 0 unspecified atom stereocenters. The minimum absolute atomic E-state index is 0.0693. The second-order valence-electron chi connectivity index (χ2n) is 5.06. The molecule has 1 heterocycles. The molecule has 1 aromatic carbocycles. The van der Waals surface area contributed by atoms with Crippen LogP contribution in [0.2, 0.25) is 0 Å². The number of carbonyl (C=O) groups is 2. The van der Waals surface area contributed by atoms with Gasteiger partial charge in [0, 0.05) is 6.54 Å². The number of carbonyl (C=O) groups excluding carboxylic acids is 1. The highest BCUT2D eigenvalue weighted by atomic mass is 19.3. The number of amides is 1. The van der Waals surface area contributed by atoms with Crippen molar-refractivity contribution in [1.82, 2.24) is 5.32 Å². The van der Waals surface area contributed by atoms with Gasteiger partial charge in [-0.15, -0.1) is 0 Å². The summed E-state index contributed by atoms with van der Waals surface area (Å²) in [5, 5.41) is 11.4. The van der Waals surface area contributed by atoms with Gasteiger partial charge < -0.3 is 19.9 Å². The number of halogens is 2. The predicted molar refractivity (Wildman–Crippen MR) is 75.3 cm³/mol. The molecule has 1 saturated heterocycles. The van der Waals surface area contributed by atoms with Crippen LogP contribution in [0, 0.1) is 0 Å². The van der Waals surface area contributed by atoms with E-state index in [2.05, 4.69) is 10.1 Å². The zero-order valence-electron chi connectivity index (χ0n) is 12.2. The largest absolute Gasteiger partial charge is 0.479 e. The van der Waals surface area contributed by atoms with Crippen molar-refractivity contribution < 1.29 is 33.0 Å². The maximum atomic E-state index is 12.3. The molecule has 23 heavy (non-hydrogen) atoms. The van der Waals surface area contributed by atoms with E-state index >= 15 is 0 Å². The van der Waals surface area contributed by atoms with E-state index in [9.17, 15) is 18.4 Å². The maximum absolute atomic E-state index is 12.3. The second-order valence-corrected chi connectivity index (χ2v) is 5.06. The molecule has 1 aliphatic heterocycles. The lowest BCUT2D eigenvalue weighted by molar-refractivity contribution is -0.151. The quantitative estimate of drug-likeness (QED) is 0.793. The number of rotatable bonds is 7. The van der Waals surface area contributed by atoms with Crippen molar-refractivity contribution in [3.63, 3.8) is 0 Å². The summed E-state index contributed by atoms with van der Waals surface area (Å²) in [6, 6.07) is 6.34. The van der Waals surface area contributed by atoms with E-state index < -0.39 is 30.7 Å². The molecule has 0 spiro atoms. The molecule has 0 bridgehead atoms. The summed E-state index contributed by atoms with van der Waals surface area (Å²) in [6.45, 7) is -2.70. The van der Waals surface area contributed by atoms with Gasteiger partial charge in [0.15, 0.2) is 6.10 Å². The minimum atomic E-state index is -2.91. The smallest absolute Gasteiger partial charge is 0.387 e. The number of ether oxygens (including phenoxy) is 2. The number of para-hydroxylation sites is 1. The summed E-state index contributed by atoms with van der Waals surface area (Å²) in [5.41, 5.74) is 0.545. The third-order valence-electron chi connectivity index (χ3n) is 3.47. The van der Waals surface area contributed by atoms with Crippen LogP contribution in [0.5, 0.6) is 5.75 Å². The van der Waals surface area contributed by atoms with E-state index in [0.29, 0.717) is 24.8 Å². The monoisotopic (exact) mass is 329 g/mol. The van der Waals surface area contributed by atoms with Gasteiger partial charge in [-0.2, -0.15) is 8.78 Å². The van der Waals surface area contributed by atoms with Crippen molar-refractivity contribution in [3.8, 4) is 5.75 Å². The average molecular weight is 329 g/mol. The number of carboxylic acid groups (broad SMARTS) is 1. The van der Waals surface area contributed by atoms with E-state index in [-0.39, 0.29) is 12.3 Å². The Kier molecular flexibility index (Phi) is 5.86. The van der Waals surface area contributed by atoms with E-state index in [4.69, 9.17) is 9.84 Å². The van der Waals surface area contributed by atoms with E-state index in [1.54, 1.807) is 18.2 Å². The van der Waals surface area contributed by atoms with E-state index in [0.717, 1.165) is 0 Å². The Labute approximate surface area is 131 Å². The Morgan fingerprint density at radius 2 is 2.00 bits per heavy atom. The van der Waals surface area contributed by atoms with Crippen LogP contribution in [-0.2, 0) is 20.7 Å². The van der Waals surface area contributed by atoms with Crippen molar-refractivity contribution in [3.05, 3.63) is 29.8 Å². The number of benzene rings is 1. The summed E-state index contributed by atoms with van der Waals surface area (Å²) < 4.78 is 34.1. The lowest BCUT2D eigenvalue weighted by Gasteiger charge is -2.13. The summed E-state index contributed by atoms with van der Waals surface area (Å²) in [7, 11) is 0. The Morgan fingerprint density at radius 1 is 1.30 bits per heavy atom. The highest BCUT2D eigenvalue weighted by Crippen LogP contribution is 2.21. The molecule has 2 rings (SSSR count). The van der Waals surface area contributed by atoms with Crippen LogP contribution in [0.25, 0.3) is 0 Å². The first-order valence-corrected chi connectivity index (χ1v) is 7.16. The minimum Gasteiger partial charge on any atom is -0.479 e. The second kappa shape index (κ2) is 7.87. The van der Waals surface area contributed by atoms with Gasteiger partial charge in [-0.1, -0.05) is 18.2 Å². The first-order chi connectivity index (χ1) is 11.0. The molecule has 0 aromatic heterocycles. The molecule has 8 heteroatoms. The Balaban J connectivity index is 1.81. The van der Waals surface area contributed by atoms with Crippen molar-refractivity contribution >= 4 is 11.9 Å². The molecule has 126 valence electrons. The maximum Gasteiger partial charge on any atom is 0.387 e. The van der Waals surface area contributed by atoms with Gasteiger partial charge in [-0.25, -0.2) is 4.79 Å². The van der Waals surface area contributed by atoms with Crippen LogP contribution in [0.15, 0.2) is 24.3 Å². The van der Waals surface area contributed by atoms with Crippen LogP contribution >= 0.6 is 0 Å². The Bertz CT molecular complexity index is 567. The molecular weight excluding hydrogens is 312 g/mol. The Hall–Kier alpha value is -2.22. The van der Waals surface area contributed by atoms with Gasteiger partial charge in [0.1, 0.15) is 11.9 Å². The van der Waals surface area contributed by atoms with Gasteiger partial charge in [0.25, 0.3) is 0 Å². The zero-order valence-corrected chi connectivity index (χ0v) is 12.2. The van der Waals surface area contributed by atoms with Gasteiger partial charge in [0.2, 0.25) is 5.91 Å².